The van der Waals surface area contributed by atoms with Crippen molar-refractivity contribution in [2.75, 3.05) is 0 Å². The van der Waals surface area contributed by atoms with Crippen LogP contribution in [0.4, 0.5) is 0 Å². The molecule has 114 valence electrons. The quantitative estimate of drug-likeness (QED) is 0.498. The first kappa shape index (κ1) is 17.9. The third kappa shape index (κ3) is 6.45. The van der Waals surface area contributed by atoms with Gasteiger partial charge in [-0.25, -0.2) is 9.97 Å². The molecule has 2 aromatic rings. The van der Waals surface area contributed by atoms with Crippen molar-refractivity contribution in [3.05, 3.63) is 57.6 Å². The Hall–Kier alpha value is -1.12. The van der Waals surface area contributed by atoms with Crippen LogP contribution in [-0.2, 0) is 0 Å². The molecule has 0 spiro atoms. The van der Waals surface area contributed by atoms with E-state index in [1.54, 1.807) is 6.07 Å². The second-order valence-electron chi connectivity index (χ2n) is 5.60. The summed E-state index contributed by atoms with van der Waals surface area (Å²) in [5.41, 5.74) is 3.63. The van der Waals surface area contributed by atoms with E-state index >= 15 is 0 Å². The van der Waals surface area contributed by atoms with Crippen LogP contribution in [0.15, 0.2) is 30.3 Å². The molecule has 4 heteroatoms. The summed E-state index contributed by atoms with van der Waals surface area (Å²) >= 11 is 11.2. The van der Waals surface area contributed by atoms with E-state index in [0.717, 1.165) is 5.69 Å². The van der Waals surface area contributed by atoms with Crippen molar-refractivity contribution in [3.8, 4) is 0 Å². The molecular formula is C17H22Cl2N2. The Morgan fingerprint density at radius 3 is 1.86 bits per heavy atom. The molecule has 2 rings (SSSR count). The molecule has 0 bridgehead atoms. The minimum absolute atomic E-state index is 0.209. The third-order valence-corrected chi connectivity index (χ3v) is 3.39. The van der Waals surface area contributed by atoms with Gasteiger partial charge in [-0.2, -0.15) is 0 Å². The van der Waals surface area contributed by atoms with Gasteiger partial charge in [-0.15, -0.1) is 0 Å². The molecule has 0 fully saturated rings. The van der Waals surface area contributed by atoms with Crippen molar-refractivity contribution in [2.45, 2.75) is 46.5 Å². The Kier molecular flexibility index (Phi) is 7.13. The number of aromatic nitrogens is 2. The number of aryl methyl sites for hydroxylation is 1. The van der Waals surface area contributed by atoms with Crippen LogP contribution in [0, 0.1) is 6.92 Å². The van der Waals surface area contributed by atoms with Gasteiger partial charge in [0.2, 0.25) is 5.28 Å². The van der Waals surface area contributed by atoms with Crippen LogP contribution in [0.25, 0.3) is 0 Å². The van der Waals surface area contributed by atoms with Crippen LogP contribution in [0.1, 0.15) is 56.4 Å². The van der Waals surface area contributed by atoms with Crippen molar-refractivity contribution >= 4 is 23.2 Å². The molecule has 0 N–H and O–H groups in total. The van der Waals surface area contributed by atoms with E-state index in [1.165, 1.54) is 11.1 Å². The fourth-order valence-electron chi connectivity index (χ4n) is 1.65. The van der Waals surface area contributed by atoms with E-state index < -0.39 is 0 Å². The largest absolute Gasteiger partial charge is 0.224 e. The van der Waals surface area contributed by atoms with Crippen molar-refractivity contribution in [1.29, 1.82) is 0 Å². The molecule has 1 heterocycles. The van der Waals surface area contributed by atoms with Gasteiger partial charge < -0.3 is 0 Å². The Balaban J connectivity index is 0.000000211. The molecule has 2 nitrogen and oxygen atoms in total. The first-order valence-corrected chi connectivity index (χ1v) is 7.81. The lowest BCUT2D eigenvalue weighted by Gasteiger charge is -2.03. The van der Waals surface area contributed by atoms with E-state index in [4.69, 9.17) is 23.2 Å². The molecular weight excluding hydrogens is 303 g/mol. The average Bonchev–Trinajstić information content (AvgIpc) is 2.38. The number of nitrogens with zero attached hydrogens (tertiary/aromatic N) is 2. The maximum Gasteiger partial charge on any atom is 0.224 e. The van der Waals surface area contributed by atoms with Gasteiger partial charge in [0, 0.05) is 5.69 Å². The molecule has 0 aliphatic heterocycles. The van der Waals surface area contributed by atoms with Crippen LogP contribution in [0.2, 0.25) is 10.4 Å². The molecule has 0 aliphatic rings. The van der Waals surface area contributed by atoms with E-state index in [9.17, 15) is 0 Å². The summed E-state index contributed by atoms with van der Waals surface area (Å²) in [7, 11) is 0. The fraction of sp³-hybridized carbons (Fsp3) is 0.412. The average molecular weight is 325 g/mol. The van der Waals surface area contributed by atoms with Gasteiger partial charge in [-0.3, -0.25) is 0 Å². The highest BCUT2D eigenvalue weighted by atomic mass is 35.5. The van der Waals surface area contributed by atoms with E-state index in [0.29, 0.717) is 17.0 Å². The Morgan fingerprint density at radius 1 is 0.857 bits per heavy atom. The lowest BCUT2D eigenvalue weighted by Crippen LogP contribution is -1.94. The highest BCUT2D eigenvalue weighted by molar-refractivity contribution is 6.31. The maximum absolute atomic E-state index is 5.66. The molecule has 0 radical (unpaired) electrons. The topological polar surface area (TPSA) is 25.8 Å². The molecule has 0 amide bonds. The number of halogens is 2. The van der Waals surface area contributed by atoms with Gasteiger partial charge in [-0.1, -0.05) is 69.1 Å². The predicted octanol–water partition coefficient (Wildman–Crippen LogP) is 6.03. The zero-order valence-electron chi connectivity index (χ0n) is 13.2. The van der Waals surface area contributed by atoms with Gasteiger partial charge in [-0.05, 0) is 42.0 Å². The van der Waals surface area contributed by atoms with Gasteiger partial charge >= 0.3 is 0 Å². The Bertz CT molecular complexity index is 543. The number of benzene rings is 1. The lowest BCUT2D eigenvalue weighted by atomic mass is 10.0. The monoisotopic (exact) mass is 324 g/mol. The van der Waals surface area contributed by atoms with E-state index in [1.807, 2.05) is 13.8 Å². The number of hydrogen-bond donors (Lipinski definition) is 0. The van der Waals surface area contributed by atoms with Crippen LogP contribution in [-0.4, -0.2) is 9.97 Å². The Morgan fingerprint density at radius 2 is 1.43 bits per heavy atom. The van der Waals surface area contributed by atoms with Crippen molar-refractivity contribution in [2.24, 2.45) is 0 Å². The van der Waals surface area contributed by atoms with Crippen molar-refractivity contribution in [1.82, 2.24) is 9.97 Å². The number of rotatable bonds is 2. The summed E-state index contributed by atoms with van der Waals surface area (Å²) in [4.78, 5) is 7.74. The molecule has 1 aromatic heterocycles. The summed E-state index contributed by atoms with van der Waals surface area (Å²) < 4.78 is 0. The van der Waals surface area contributed by atoms with Gasteiger partial charge in [0.25, 0.3) is 0 Å². The Labute approximate surface area is 137 Å². The third-order valence-electron chi connectivity index (χ3n) is 3.02. The summed E-state index contributed by atoms with van der Waals surface area (Å²) in [6.45, 7) is 10.6. The molecule has 21 heavy (non-hydrogen) atoms. The molecule has 0 atom stereocenters. The lowest BCUT2D eigenvalue weighted by molar-refractivity contribution is 0.814. The highest BCUT2D eigenvalue weighted by Gasteiger charge is 2.04. The van der Waals surface area contributed by atoms with Crippen LogP contribution in [0.5, 0.6) is 0 Å². The molecule has 0 aliphatic carbocycles. The summed E-state index contributed by atoms with van der Waals surface area (Å²) in [5, 5.41) is 0.606. The minimum Gasteiger partial charge on any atom is -0.223 e. The SMILES string of the molecule is CC(C)c1cc(Cl)nc(Cl)n1.Cc1ccc(C(C)C)cc1. The zero-order chi connectivity index (χ0) is 16.0. The molecule has 0 saturated heterocycles. The summed E-state index contributed by atoms with van der Waals surface area (Å²) in [6.07, 6.45) is 0. The standard InChI is InChI=1S/C10H14.C7H8Cl2N2/c1-8(2)10-6-4-9(3)5-7-10;1-4(2)5-3-6(8)11-7(9)10-5/h4-8H,1-3H3;3-4H,1-2H3. The zero-order valence-corrected chi connectivity index (χ0v) is 14.7. The highest BCUT2D eigenvalue weighted by Crippen LogP contribution is 2.17. The normalized spacial score (nSPS) is 10.5. The van der Waals surface area contributed by atoms with E-state index in [-0.39, 0.29) is 5.28 Å². The van der Waals surface area contributed by atoms with Gasteiger partial charge in [0.1, 0.15) is 5.15 Å². The smallest absolute Gasteiger partial charge is 0.223 e. The van der Waals surface area contributed by atoms with Crippen LogP contribution in [0.3, 0.4) is 0 Å². The first-order valence-electron chi connectivity index (χ1n) is 7.06. The van der Waals surface area contributed by atoms with Gasteiger partial charge in [0.05, 0.1) is 0 Å². The predicted molar refractivity (Wildman–Crippen MR) is 91.4 cm³/mol. The van der Waals surface area contributed by atoms with E-state index in [2.05, 4.69) is 55.0 Å². The summed E-state index contributed by atoms with van der Waals surface area (Å²) in [6, 6.07) is 10.4. The molecule has 0 unspecified atom stereocenters. The second-order valence-corrected chi connectivity index (χ2v) is 6.33. The molecule has 0 saturated carbocycles. The minimum atomic E-state index is 0.209. The second kappa shape index (κ2) is 8.35. The van der Waals surface area contributed by atoms with Crippen molar-refractivity contribution < 1.29 is 0 Å². The van der Waals surface area contributed by atoms with Crippen LogP contribution >= 0.6 is 23.2 Å². The van der Waals surface area contributed by atoms with Crippen LogP contribution < -0.4 is 0 Å². The van der Waals surface area contributed by atoms with Gasteiger partial charge in [0.15, 0.2) is 0 Å². The fourth-order valence-corrected chi connectivity index (χ4v) is 2.08. The van der Waals surface area contributed by atoms with Crippen molar-refractivity contribution in [3.63, 3.8) is 0 Å². The number of hydrogen-bond acceptors (Lipinski definition) is 2. The first-order chi connectivity index (χ1) is 9.79. The summed E-state index contributed by atoms with van der Waals surface area (Å²) in [5.74, 6) is 0.980. The molecule has 1 aromatic carbocycles. The maximum atomic E-state index is 5.66.